The number of hydrogen-bond acceptors (Lipinski definition) is 4. The fourth-order valence-electron chi connectivity index (χ4n) is 2.04. The summed E-state index contributed by atoms with van der Waals surface area (Å²) in [7, 11) is -4.06. The second-order valence-corrected chi connectivity index (χ2v) is 7.32. The summed E-state index contributed by atoms with van der Waals surface area (Å²) in [6.45, 7) is 1.77. The molecule has 1 atom stereocenters. The van der Waals surface area contributed by atoms with Gasteiger partial charge in [-0.1, -0.05) is 53.5 Å². The maximum atomic E-state index is 12.6. The lowest BCUT2D eigenvalue weighted by atomic mass is 10.1. The van der Waals surface area contributed by atoms with Crippen LogP contribution in [-0.4, -0.2) is 21.0 Å². The molecule has 0 aliphatic carbocycles. The Bertz CT molecular complexity index is 825. The first-order valence-corrected chi connectivity index (χ1v) is 9.28. The molecule has 24 heavy (non-hydrogen) atoms. The molecule has 5 nitrogen and oxygen atoms in total. The molecule has 0 heterocycles. The number of rotatable bonds is 6. The molecule has 0 bridgehead atoms. The van der Waals surface area contributed by atoms with E-state index in [1.54, 1.807) is 37.3 Å². The highest BCUT2D eigenvalue weighted by atomic mass is 35.5. The summed E-state index contributed by atoms with van der Waals surface area (Å²) in [5.41, 5.74) is 0.463. The van der Waals surface area contributed by atoms with Crippen molar-refractivity contribution in [2.75, 3.05) is 6.61 Å². The van der Waals surface area contributed by atoms with E-state index in [4.69, 9.17) is 27.9 Å². The van der Waals surface area contributed by atoms with Crippen LogP contribution in [0.2, 0.25) is 10.0 Å². The number of ether oxygens (including phenoxy) is 1. The van der Waals surface area contributed by atoms with E-state index in [0.29, 0.717) is 10.6 Å². The van der Waals surface area contributed by atoms with Crippen molar-refractivity contribution in [2.24, 2.45) is 0 Å². The molecular weight excluding hydrogens is 373 g/mol. The van der Waals surface area contributed by atoms with Crippen molar-refractivity contribution in [1.29, 1.82) is 0 Å². The lowest BCUT2D eigenvalue weighted by Gasteiger charge is -2.18. The molecule has 0 saturated heterocycles. The summed E-state index contributed by atoms with van der Waals surface area (Å²) in [6.07, 6.45) is 0. The van der Waals surface area contributed by atoms with Crippen molar-refractivity contribution in [3.8, 4) is 0 Å². The molecule has 2 aromatic carbocycles. The zero-order valence-electron chi connectivity index (χ0n) is 12.7. The van der Waals surface area contributed by atoms with Gasteiger partial charge in [0.05, 0.1) is 11.6 Å². The number of esters is 1. The molecule has 0 fully saturated rings. The number of halogens is 2. The third-order valence-corrected chi connectivity index (χ3v) is 5.25. The Kier molecular flexibility index (Phi) is 6.23. The van der Waals surface area contributed by atoms with Crippen molar-refractivity contribution in [3.05, 3.63) is 64.1 Å². The van der Waals surface area contributed by atoms with Crippen molar-refractivity contribution >= 4 is 39.2 Å². The van der Waals surface area contributed by atoms with E-state index < -0.39 is 22.0 Å². The molecule has 128 valence electrons. The van der Waals surface area contributed by atoms with Crippen molar-refractivity contribution in [1.82, 2.24) is 4.72 Å². The number of carbonyl (C=O) groups excluding carboxylic acids is 1. The molecule has 0 aliphatic heterocycles. The minimum absolute atomic E-state index is 0.0364. The molecule has 2 aromatic rings. The van der Waals surface area contributed by atoms with E-state index in [1.165, 1.54) is 18.2 Å². The fourth-order valence-corrected chi connectivity index (χ4v) is 3.98. The SMILES string of the molecule is CCOC(=O)C(NS(=O)(=O)c1ccc(Cl)cc1Cl)c1ccccc1. The van der Waals surface area contributed by atoms with Gasteiger partial charge in [0.2, 0.25) is 10.0 Å². The maximum Gasteiger partial charge on any atom is 0.328 e. The zero-order chi connectivity index (χ0) is 17.7. The van der Waals surface area contributed by atoms with Crippen LogP contribution in [-0.2, 0) is 19.6 Å². The minimum Gasteiger partial charge on any atom is -0.465 e. The van der Waals surface area contributed by atoms with Crippen LogP contribution in [0.15, 0.2) is 53.4 Å². The van der Waals surface area contributed by atoms with E-state index in [9.17, 15) is 13.2 Å². The van der Waals surface area contributed by atoms with E-state index in [2.05, 4.69) is 4.72 Å². The molecule has 0 aliphatic rings. The summed E-state index contributed by atoms with van der Waals surface area (Å²) in [4.78, 5) is 12.0. The van der Waals surface area contributed by atoms with E-state index in [0.717, 1.165) is 0 Å². The quantitative estimate of drug-likeness (QED) is 0.768. The Balaban J connectivity index is 2.39. The van der Waals surface area contributed by atoms with E-state index in [1.807, 2.05) is 0 Å². The molecule has 1 N–H and O–H groups in total. The van der Waals surface area contributed by atoms with Gasteiger partial charge in [-0.2, -0.15) is 4.72 Å². The summed E-state index contributed by atoms with van der Waals surface area (Å²) < 4.78 is 32.5. The van der Waals surface area contributed by atoms with Gasteiger partial charge in [-0.05, 0) is 30.7 Å². The number of hydrogen-bond donors (Lipinski definition) is 1. The number of nitrogens with one attached hydrogen (secondary N) is 1. The highest BCUT2D eigenvalue weighted by molar-refractivity contribution is 7.89. The van der Waals surface area contributed by atoms with Gasteiger partial charge in [-0.15, -0.1) is 0 Å². The van der Waals surface area contributed by atoms with Gasteiger partial charge < -0.3 is 4.74 Å². The Morgan fingerprint density at radius 3 is 2.42 bits per heavy atom. The zero-order valence-corrected chi connectivity index (χ0v) is 15.0. The average Bonchev–Trinajstić information content (AvgIpc) is 2.53. The fraction of sp³-hybridized carbons (Fsp3) is 0.188. The van der Waals surface area contributed by atoms with E-state index >= 15 is 0 Å². The molecule has 0 spiro atoms. The normalized spacial score (nSPS) is 12.6. The van der Waals surface area contributed by atoms with Crippen LogP contribution in [0.4, 0.5) is 0 Å². The highest BCUT2D eigenvalue weighted by Gasteiger charge is 2.29. The van der Waals surface area contributed by atoms with Crippen molar-refractivity contribution in [2.45, 2.75) is 17.9 Å². The summed E-state index contributed by atoms with van der Waals surface area (Å²) in [5.74, 6) is -0.697. The molecule has 0 saturated carbocycles. The maximum absolute atomic E-state index is 12.6. The van der Waals surface area contributed by atoms with Crippen molar-refractivity contribution in [3.63, 3.8) is 0 Å². The van der Waals surface area contributed by atoms with Crippen molar-refractivity contribution < 1.29 is 17.9 Å². The molecule has 1 unspecified atom stereocenters. The topological polar surface area (TPSA) is 72.5 Å². The van der Waals surface area contributed by atoms with Crippen LogP contribution >= 0.6 is 23.2 Å². The van der Waals surface area contributed by atoms with Gasteiger partial charge in [0.25, 0.3) is 0 Å². The number of benzene rings is 2. The summed E-state index contributed by atoms with van der Waals surface area (Å²) >= 11 is 11.8. The molecule has 0 aromatic heterocycles. The molecule has 8 heteroatoms. The van der Waals surface area contributed by atoms with Gasteiger partial charge in [-0.25, -0.2) is 13.2 Å². The highest BCUT2D eigenvalue weighted by Crippen LogP contribution is 2.26. The Hall–Kier alpha value is -1.60. The first kappa shape index (κ1) is 18.7. The predicted octanol–water partition coefficient (Wildman–Crippen LogP) is 3.58. The second kappa shape index (κ2) is 7.98. The first-order chi connectivity index (χ1) is 11.3. The molecular formula is C16H15Cl2NO4S. The molecule has 0 amide bonds. The average molecular weight is 388 g/mol. The number of carbonyl (C=O) groups is 1. The largest absolute Gasteiger partial charge is 0.465 e. The lowest BCUT2D eigenvalue weighted by molar-refractivity contribution is -0.145. The Labute approximate surface area is 150 Å². The third kappa shape index (κ3) is 4.48. The van der Waals surface area contributed by atoms with Gasteiger partial charge in [0, 0.05) is 5.02 Å². The predicted molar refractivity (Wildman–Crippen MR) is 92.6 cm³/mol. The molecule has 0 radical (unpaired) electrons. The van der Waals surface area contributed by atoms with Gasteiger partial charge >= 0.3 is 5.97 Å². The minimum atomic E-state index is -4.06. The standard InChI is InChI=1S/C16H15Cl2NO4S/c1-2-23-16(20)15(11-6-4-3-5-7-11)19-24(21,22)14-9-8-12(17)10-13(14)18/h3-10,15,19H,2H2,1H3. The van der Waals surface area contributed by atoms with Crippen LogP contribution in [0.3, 0.4) is 0 Å². The van der Waals surface area contributed by atoms with Gasteiger partial charge in [-0.3, -0.25) is 0 Å². The monoisotopic (exact) mass is 387 g/mol. The lowest BCUT2D eigenvalue weighted by Crippen LogP contribution is -2.35. The smallest absolute Gasteiger partial charge is 0.328 e. The Morgan fingerprint density at radius 1 is 1.17 bits per heavy atom. The van der Waals surface area contributed by atoms with Crippen LogP contribution in [0.25, 0.3) is 0 Å². The van der Waals surface area contributed by atoms with Crippen LogP contribution in [0.5, 0.6) is 0 Å². The Morgan fingerprint density at radius 2 is 1.83 bits per heavy atom. The first-order valence-electron chi connectivity index (χ1n) is 7.04. The van der Waals surface area contributed by atoms with Crippen LogP contribution < -0.4 is 4.72 Å². The second-order valence-electron chi connectivity index (χ2n) is 4.79. The van der Waals surface area contributed by atoms with E-state index in [-0.39, 0.29) is 16.5 Å². The summed E-state index contributed by atoms with van der Waals surface area (Å²) in [6, 6.07) is 11.3. The van der Waals surface area contributed by atoms with Gasteiger partial charge in [0.1, 0.15) is 10.9 Å². The van der Waals surface area contributed by atoms with Crippen LogP contribution in [0, 0.1) is 0 Å². The van der Waals surface area contributed by atoms with Crippen LogP contribution in [0.1, 0.15) is 18.5 Å². The number of sulfonamides is 1. The third-order valence-electron chi connectivity index (χ3n) is 3.11. The van der Waals surface area contributed by atoms with Gasteiger partial charge in [0.15, 0.2) is 0 Å². The summed E-state index contributed by atoms with van der Waals surface area (Å²) in [5, 5.41) is 0.273. The molecule has 2 rings (SSSR count).